The molecule has 0 saturated heterocycles. The number of aliphatic hydroxyl groups is 1. The molecule has 3 N–H and O–H groups in total. The summed E-state index contributed by atoms with van der Waals surface area (Å²) < 4.78 is 0. The Labute approximate surface area is 114 Å². The average molecular weight is 262 g/mol. The van der Waals surface area contributed by atoms with Gasteiger partial charge in [0.05, 0.1) is 6.10 Å². The normalized spacial score (nSPS) is 23.5. The molecule has 1 fully saturated rings. The van der Waals surface area contributed by atoms with E-state index in [9.17, 15) is 9.90 Å². The molecule has 0 heterocycles. The van der Waals surface area contributed by atoms with E-state index in [1.165, 1.54) is 0 Å². The number of hydrogen-bond acceptors (Lipinski definition) is 3. The molecule has 1 aromatic carbocycles. The van der Waals surface area contributed by atoms with Crippen molar-refractivity contribution in [1.82, 2.24) is 4.90 Å². The second-order valence-electron chi connectivity index (χ2n) is 5.49. The second kappa shape index (κ2) is 6.17. The fraction of sp³-hybridized carbons (Fsp3) is 0.533. The summed E-state index contributed by atoms with van der Waals surface area (Å²) in [6, 6.07) is 9.44. The average Bonchev–Trinajstić information content (AvgIpc) is 2.37. The predicted molar refractivity (Wildman–Crippen MR) is 74.4 cm³/mol. The van der Waals surface area contributed by atoms with E-state index in [0.29, 0.717) is 12.3 Å². The molecule has 2 rings (SSSR count). The molecule has 1 amide bonds. The molecule has 0 radical (unpaired) electrons. The van der Waals surface area contributed by atoms with Crippen LogP contribution in [0.2, 0.25) is 0 Å². The Kier molecular flexibility index (Phi) is 4.56. The molecule has 19 heavy (non-hydrogen) atoms. The van der Waals surface area contributed by atoms with Crippen molar-refractivity contribution in [1.29, 1.82) is 0 Å². The number of benzene rings is 1. The summed E-state index contributed by atoms with van der Waals surface area (Å²) in [4.78, 5) is 13.8. The molecule has 4 nitrogen and oxygen atoms in total. The third-order valence-electron chi connectivity index (χ3n) is 3.79. The van der Waals surface area contributed by atoms with Gasteiger partial charge in [0.15, 0.2) is 0 Å². The molecule has 0 aliphatic heterocycles. The van der Waals surface area contributed by atoms with Crippen LogP contribution < -0.4 is 5.73 Å². The molecule has 1 atom stereocenters. The zero-order valence-corrected chi connectivity index (χ0v) is 11.3. The van der Waals surface area contributed by atoms with Crippen molar-refractivity contribution in [3.05, 3.63) is 35.9 Å². The van der Waals surface area contributed by atoms with Crippen LogP contribution in [0.15, 0.2) is 30.3 Å². The minimum atomic E-state index is -0.247. The maximum atomic E-state index is 12.1. The van der Waals surface area contributed by atoms with Gasteiger partial charge in [0.25, 0.3) is 0 Å². The summed E-state index contributed by atoms with van der Waals surface area (Å²) in [5, 5.41) is 9.24. The lowest BCUT2D eigenvalue weighted by Gasteiger charge is -2.34. The number of amides is 1. The Balaban J connectivity index is 1.80. The lowest BCUT2D eigenvalue weighted by molar-refractivity contribution is -0.131. The van der Waals surface area contributed by atoms with E-state index in [2.05, 4.69) is 0 Å². The monoisotopic (exact) mass is 262 g/mol. The van der Waals surface area contributed by atoms with E-state index in [-0.39, 0.29) is 18.1 Å². The SMILES string of the molecule is CN(CC1CC(O)C1)C(=O)CC(N)c1ccccc1. The Hall–Kier alpha value is -1.39. The van der Waals surface area contributed by atoms with Gasteiger partial charge >= 0.3 is 0 Å². The van der Waals surface area contributed by atoms with E-state index in [4.69, 9.17) is 5.73 Å². The van der Waals surface area contributed by atoms with Crippen molar-refractivity contribution in [2.45, 2.75) is 31.4 Å². The molecule has 4 heteroatoms. The van der Waals surface area contributed by atoms with Crippen LogP contribution >= 0.6 is 0 Å². The standard InChI is InChI=1S/C15H22N2O2/c1-17(10-11-7-13(18)8-11)15(19)9-14(16)12-5-3-2-4-6-12/h2-6,11,13-14,18H,7-10,16H2,1H3. The molecule has 0 spiro atoms. The maximum Gasteiger partial charge on any atom is 0.224 e. The van der Waals surface area contributed by atoms with Crippen LogP contribution in [0.3, 0.4) is 0 Å². The highest BCUT2D eigenvalue weighted by Crippen LogP contribution is 2.28. The number of carbonyl (C=O) groups excluding carboxylic acids is 1. The molecule has 1 aromatic rings. The van der Waals surface area contributed by atoms with Gasteiger partial charge in [-0.1, -0.05) is 30.3 Å². The number of aliphatic hydroxyl groups excluding tert-OH is 1. The van der Waals surface area contributed by atoms with Gasteiger partial charge in [0.2, 0.25) is 5.91 Å². The third-order valence-corrected chi connectivity index (χ3v) is 3.79. The van der Waals surface area contributed by atoms with E-state index in [0.717, 1.165) is 24.9 Å². The van der Waals surface area contributed by atoms with Crippen LogP contribution in [-0.4, -0.2) is 35.6 Å². The topological polar surface area (TPSA) is 66.6 Å². The summed E-state index contributed by atoms with van der Waals surface area (Å²) in [6.45, 7) is 0.720. The van der Waals surface area contributed by atoms with Crippen molar-refractivity contribution in [2.24, 2.45) is 11.7 Å². The first-order chi connectivity index (χ1) is 9.06. The van der Waals surface area contributed by atoms with Gasteiger partial charge in [-0.15, -0.1) is 0 Å². The zero-order chi connectivity index (χ0) is 13.8. The fourth-order valence-corrected chi connectivity index (χ4v) is 2.50. The summed E-state index contributed by atoms with van der Waals surface area (Å²) in [5.74, 6) is 0.509. The first kappa shape index (κ1) is 14.0. The second-order valence-corrected chi connectivity index (χ2v) is 5.49. The van der Waals surface area contributed by atoms with Crippen LogP contribution in [0.5, 0.6) is 0 Å². The molecule has 1 aliphatic rings. The lowest BCUT2D eigenvalue weighted by atomic mass is 9.82. The van der Waals surface area contributed by atoms with E-state index < -0.39 is 0 Å². The van der Waals surface area contributed by atoms with Gasteiger partial charge in [-0.25, -0.2) is 0 Å². The quantitative estimate of drug-likeness (QED) is 0.840. The van der Waals surface area contributed by atoms with Gasteiger partial charge in [0, 0.05) is 26.1 Å². The largest absolute Gasteiger partial charge is 0.393 e. The van der Waals surface area contributed by atoms with Gasteiger partial charge in [-0.3, -0.25) is 4.79 Å². The van der Waals surface area contributed by atoms with Crippen molar-refractivity contribution < 1.29 is 9.90 Å². The van der Waals surface area contributed by atoms with Gasteiger partial charge in [0.1, 0.15) is 0 Å². The van der Waals surface area contributed by atoms with Crippen molar-refractivity contribution >= 4 is 5.91 Å². The first-order valence-electron chi connectivity index (χ1n) is 6.79. The Morgan fingerprint density at radius 1 is 1.42 bits per heavy atom. The van der Waals surface area contributed by atoms with Crippen LogP contribution in [0.25, 0.3) is 0 Å². The van der Waals surface area contributed by atoms with Crippen LogP contribution in [0, 0.1) is 5.92 Å². The summed E-state index contributed by atoms with van der Waals surface area (Å²) in [6.07, 6.45) is 1.78. The smallest absolute Gasteiger partial charge is 0.224 e. The summed E-state index contributed by atoms with van der Waals surface area (Å²) >= 11 is 0. The van der Waals surface area contributed by atoms with Crippen molar-refractivity contribution in [3.8, 4) is 0 Å². The predicted octanol–water partition coefficient (Wildman–Crippen LogP) is 1.31. The molecule has 0 bridgehead atoms. The third kappa shape index (κ3) is 3.78. The molecule has 0 aromatic heterocycles. The minimum absolute atomic E-state index is 0.0674. The number of nitrogens with zero attached hydrogens (tertiary/aromatic N) is 1. The molecule has 1 saturated carbocycles. The summed E-state index contributed by atoms with van der Waals surface area (Å²) in [5.41, 5.74) is 7.03. The highest BCUT2D eigenvalue weighted by Gasteiger charge is 2.29. The van der Waals surface area contributed by atoms with Crippen molar-refractivity contribution in [3.63, 3.8) is 0 Å². The number of hydrogen-bond donors (Lipinski definition) is 2. The molecular formula is C15H22N2O2. The Morgan fingerprint density at radius 2 is 2.05 bits per heavy atom. The van der Waals surface area contributed by atoms with E-state index in [1.807, 2.05) is 37.4 Å². The van der Waals surface area contributed by atoms with Gasteiger partial charge in [-0.2, -0.15) is 0 Å². The first-order valence-corrected chi connectivity index (χ1v) is 6.79. The van der Waals surface area contributed by atoms with Crippen LogP contribution in [0.1, 0.15) is 30.9 Å². The van der Waals surface area contributed by atoms with Crippen LogP contribution in [-0.2, 0) is 4.79 Å². The highest BCUT2D eigenvalue weighted by molar-refractivity contribution is 5.76. The molecule has 1 aliphatic carbocycles. The zero-order valence-electron chi connectivity index (χ0n) is 11.3. The lowest BCUT2D eigenvalue weighted by Crippen LogP contribution is -2.40. The van der Waals surface area contributed by atoms with Gasteiger partial charge in [-0.05, 0) is 24.3 Å². The molecular weight excluding hydrogens is 240 g/mol. The van der Waals surface area contributed by atoms with Crippen molar-refractivity contribution in [2.75, 3.05) is 13.6 Å². The highest BCUT2D eigenvalue weighted by atomic mass is 16.3. The minimum Gasteiger partial charge on any atom is -0.393 e. The number of nitrogens with two attached hydrogens (primary N) is 1. The fourth-order valence-electron chi connectivity index (χ4n) is 2.50. The van der Waals surface area contributed by atoms with E-state index in [1.54, 1.807) is 4.90 Å². The summed E-state index contributed by atoms with van der Waals surface area (Å²) in [7, 11) is 1.81. The van der Waals surface area contributed by atoms with E-state index >= 15 is 0 Å². The number of rotatable bonds is 5. The van der Waals surface area contributed by atoms with Gasteiger partial charge < -0.3 is 15.7 Å². The maximum absolute atomic E-state index is 12.1. The molecule has 104 valence electrons. The number of carbonyl (C=O) groups is 1. The van der Waals surface area contributed by atoms with Crippen LogP contribution in [0.4, 0.5) is 0 Å². The Bertz CT molecular complexity index is 415. The molecule has 1 unspecified atom stereocenters. The Morgan fingerprint density at radius 3 is 2.63 bits per heavy atom.